The first-order chi connectivity index (χ1) is 11.3. The van der Waals surface area contributed by atoms with Gasteiger partial charge in [0.25, 0.3) is 5.22 Å². The number of hydrogen-bond acceptors (Lipinski definition) is 5. The number of carbonyl (C=O) groups excluding carboxylic acids is 1. The maximum atomic E-state index is 12.5. The second-order valence-electron chi connectivity index (χ2n) is 7.04. The zero-order chi connectivity index (χ0) is 17.3. The Morgan fingerprint density at radius 1 is 1.42 bits per heavy atom. The second-order valence-corrected chi connectivity index (χ2v) is 8.41. The summed E-state index contributed by atoms with van der Waals surface area (Å²) in [6.07, 6.45) is 0.503. The van der Waals surface area contributed by atoms with E-state index in [-0.39, 0.29) is 17.2 Å². The van der Waals surface area contributed by atoms with E-state index in [9.17, 15) is 9.00 Å². The highest BCUT2D eigenvalue weighted by Crippen LogP contribution is 2.23. The summed E-state index contributed by atoms with van der Waals surface area (Å²) in [5.41, 5.74) is 0.848. The van der Waals surface area contributed by atoms with Crippen LogP contribution in [0.25, 0.3) is 11.1 Å². The van der Waals surface area contributed by atoms with Crippen molar-refractivity contribution in [3.63, 3.8) is 0 Å². The van der Waals surface area contributed by atoms with Crippen molar-refractivity contribution in [3.05, 3.63) is 24.3 Å². The highest BCUT2D eigenvalue weighted by atomic mass is 32.2. The van der Waals surface area contributed by atoms with Gasteiger partial charge >= 0.3 is 6.09 Å². The number of amides is 1. The van der Waals surface area contributed by atoms with E-state index < -0.39 is 16.4 Å². The number of ether oxygens (including phenoxy) is 1. The summed E-state index contributed by atoms with van der Waals surface area (Å²) < 4.78 is 23.4. The lowest BCUT2D eigenvalue weighted by atomic mass is 10.2. The van der Waals surface area contributed by atoms with E-state index >= 15 is 0 Å². The van der Waals surface area contributed by atoms with Crippen LogP contribution in [0.4, 0.5) is 4.79 Å². The number of likely N-dealkylation sites (tertiary alicyclic amines) is 1. The third-order valence-electron chi connectivity index (χ3n) is 3.79. The summed E-state index contributed by atoms with van der Waals surface area (Å²) >= 11 is 0. The summed E-state index contributed by atoms with van der Waals surface area (Å²) in [5.74, 6) is 0.597. The molecule has 7 heteroatoms. The average molecular weight is 350 g/mol. The van der Waals surface area contributed by atoms with E-state index in [0.717, 1.165) is 6.42 Å². The minimum Gasteiger partial charge on any atom is -0.444 e. The number of fused-ring (bicyclic) bond motifs is 1. The third-order valence-corrected chi connectivity index (χ3v) is 5.13. The molecule has 0 radical (unpaired) electrons. The van der Waals surface area contributed by atoms with Crippen LogP contribution in [0.2, 0.25) is 0 Å². The Hall–Kier alpha value is -1.89. The van der Waals surface area contributed by atoms with Gasteiger partial charge in [-0.2, -0.15) is 0 Å². The van der Waals surface area contributed by atoms with E-state index in [1.807, 2.05) is 45.0 Å². The minimum absolute atomic E-state index is 0.161. The fourth-order valence-corrected chi connectivity index (χ4v) is 3.92. The Kier molecular flexibility index (Phi) is 4.62. The molecule has 2 aromatic rings. The van der Waals surface area contributed by atoms with Gasteiger partial charge in [-0.25, -0.2) is 14.0 Å². The topological polar surface area (TPSA) is 72.6 Å². The molecule has 130 valence electrons. The van der Waals surface area contributed by atoms with E-state index in [2.05, 4.69) is 4.98 Å². The molecular formula is C17H22N2O4S. The minimum atomic E-state index is -1.31. The Labute approximate surface area is 143 Å². The van der Waals surface area contributed by atoms with Crippen LogP contribution in [0.1, 0.15) is 27.2 Å². The van der Waals surface area contributed by atoms with Crippen LogP contribution < -0.4 is 0 Å². The number of carbonyl (C=O) groups is 1. The van der Waals surface area contributed by atoms with Gasteiger partial charge in [0.15, 0.2) is 5.58 Å². The maximum absolute atomic E-state index is 12.5. The van der Waals surface area contributed by atoms with Crippen LogP contribution in [-0.4, -0.2) is 44.6 Å². The summed E-state index contributed by atoms with van der Waals surface area (Å²) in [7, 11) is -1.31. The van der Waals surface area contributed by atoms with Crippen molar-refractivity contribution in [2.24, 2.45) is 5.92 Å². The lowest BCUT2D eigenvalue weighted by Gasteiger charge is -2.24. The van der Waals surface area contributed by atoms with E-state index in [1.54, 1.807) is 4.90 Å². The van der Waals surface area contributed by atoms with Crippen molar-refractivity contribution in [2.75, 3.05) is 18.8 Å². The molecule has 0 unspecified atom stereocenters. The molecule has 0 saturated carbocycles. The molecule has 0 aliphatic carbocycles. The van der Waals surface area contributed by atoms with Crippen LogP contribution in [-0.2, 0) is 15.5 Å². The molecule has 1 amide bonds. The number of hydrogen-bond donors (Lipinski definition) is 0. The van der Waals surface area contributed by atoms with Crippen LogP contribution >= 0.6 is 0 Å². The molecule has 2 atom stereocenters. The number of benzene rings is 1. The van der Waals surface area contributed by atoms with Crippen molar-refractivity contribution in [1.82, 2.24) is 9.88 Å². The van der Waals surface area contributed by atoms with Gasteiger partial charge in [0.1, 0.15) is 21.9 Å². The maximum Gasteiger partial charge on any atom is 0.410 e. The van der Waals surface area contributed by atoms with Gasteiger partial charge in [-0.3, -0.25) is 0 Å². The summed E-state index contributed by atoms with van der Waals surface area (Å²) in [5, 5.41) is 0.256. The zero-order valence-corrected chi connectivity index (χ0v) is 15.0. The van der Waals surface area contributed by atoms with Crippen molar-refractivity contribution >= 4 is 28.0 Å². The van der Waals surface area contributed by atoms with Gasteiger partial charge in [0.2, 0.25) is 0 Å². The quantitative estimate of drug-likeness (QED) is 0.850. The van der Waals surface area contributed by atoms with Gasteiger partial charge in [0.05, 0.1) is 0 Å². The molecule has 1 aromatic carbocycles. The molecular weight excluding hydrogens is 328 g/mol. The monoisotopic (exact) mass is 350 g/mol. The average Bonchev–Trinajstić information content (AvgIpc) is 3.11. The van der Waals surface area contributed by atoms with E-state index in [0.29, 0.717) is 29.9 Å². The molecule has 0 N–H and O–H groups in total. The Bertz CT molecular complexity index is 732. The van der Waals surface area contributed by atoms with Gasteiger partial charge in [-0.05, 0) is 45.2 Å². The summed E-state index contributed by atoms with van der Waals surface area (Å²) in [6, 6.07) is 7.37. The van der Waals surface area contributed by atoms with Gasteiger partial charge in [0, 0.05) is 18.8 Å². The van der Waals surface area contributed by atoms with Crippen LogP contribution in [0.15, 0.2) is 33.9 Å². The number of nitrogens with zero attached hydrogens (tertiary/aromatic N) is 2. The van der Waals surface area contributed by atoms with Crippen molar-refractivity contribution in [2.45, 2.75) is 38.0 Å². The fourth-order valence-electron chi connectivity index (χ4n) is 2.69. The second kappa shape index (κ2) is 6.55. The lowest BCUT2D eigenvalue weighted by molar-refractivity contribution is 0.0289. The first-order valence-corrected chi connectivity index (χ1v) is 9.35. The first kappa shape index (κ1) is 17.0. The molecule has 1 fully saturated rings. The molecule has 0 bridgehead atoms. The lowest BCUT2D eigenvalue weighted by Crippen LogP contribution is -2.35. The molecule has 1 aromatic heterocycles. The van der Waals surface area contributed by atoms with Gasteiger partial charge in [-0.15, -0.1) is 0 Å². The Balaban J connectivity index is 1.59. The molecule has 0 spiro atoms. The Morgan fingerprint density at radius 3 is 2.88 bits per heavy atom. The smallest absolute Gasteiger partial charge is 0.410 e. The number of oxazole rings is 1. The Morgan fingerprint density at radius 2 is 2.17 bits per heavy atom. The molecule has 2 heterocycles. The molecule has 3 rings (SSSR count). The standard InChI is InChI=1S/C17H22N2O4S/c1-17(2,3)23-16(20)19-9-8-12(10-19)11-24(21)15-18-13-6-4-5-7-14(13)22-15/h4-7,12H,8-11H2,1-3H3/t12-,24+/m1/s1. The number of aromatic nitrogens is 1. The first-order valence-electron chi connectivity index (χ1n) is 8.04. The number of para-hydroxylation sites is 2. The van der Waals surface area contributed by atoms with E-state index in [4.69, 9.17) is 9.15 Å². The number of rotatable bonds is 3. The SMILES string of the molecule is CC(C)(C)OC(=O)N1CC[C@@H](C[S@](=O)c2nc3ccccc3o2)C1. The highest BCUT2D eigenvalue weighted by Gasteiger charge is 2.31. The molecule has 24 heavy (non-hydrogen) atoms. The van der Waals surface area contributed by atoms with Crippen molar-refractivity contribution in [3.8, 4) is 0 Å². The normalized spacial score (nSPS) is 19.6. The van der Waals surface area contributed by atoms with Crippen molar-refractivity contribution in [1.29, 1.82) is 0 Å². The third kappa shape index (κ3) is 3.95. The molecule has 1 saturated heterocycles. The molecule has 6 nitrogen and oxygen atoms in total. The molecule has 1 aliphatic heterocycles. The van der Waals surface area contributed by atoms with Crippen LogP contribution in [0.3, 0.4) is 0 Å². The van der Waals surface area contributed by atoms with Crippen LogP contribution in [0, 0.1) is 5.92 Å². The zero-order valence-electron chi connectivity index (χ0n) is 14.2. The highest BCUT2D eigenvalue weighted by molar-refractivity contribution is 7.84. The van der Waals surface area contributed by atoms with E-state index in [1.165, 1.54) is 0 Å². The predicted molar refractivity (Wildman–Crippen MR) is 91.2 cm³/mol. The molecule has 1 aliphatic rings. The summed E-state index contributed by atoms with van der Waals surface area (Å²) in [6.45, 7) is 6.73. The largest absolute Gasteiger partial charge is 0.444 e. The van der Waals surface area contributed by atoms with Gasteiger partial charge < -0.3 is 14.1 Å². The predicted octanol–water partition coefficient (Wildman–Crippen LogP) is 3.19. The summed E-state index contributed by atoms with van der Waals surface area (Å²) in [4.78, 5) is 18.0. The van der Waals surface area contributed by atoms with Crippen LogP contribution in [0.5, 0.6) is 0 Å². The fraction of sp³-hybridized carbons (Fsp3) is 0.529. The van der Waals surface area contributed by atoms with Gasteiger partial charge in [-0.1, -0.05) is 12.1 Å². The van der Waals surface area contributed by atoms with Crippen molar-refractivity contribution < 1.29 is 18.2 Å².